The Hall–Kier alpha value is -4.71. The van der Waals surface area contributed by atoms with Crippen molar-refractivity contribution in [2.45, 2.75) is 20.4 Å². The number of benzene rings is 4. The standard InChI is InChI=1S/C30H26N4O2/c1-20-11-10-17-25(21(20)2)31-26-16-8-6-14-23(26)29(35)33-32-28-24-15-7-9-18-27(24)34(30(28)36)19-22-12-4-3-5-13-22/h3-18,31,36H,19H2,1-2H3. The van der Waals surface area contributed by atoms with Crippen LogP contribution in [-0.2, 0) is 6.54 Å². The molecule has 0 unspecified atom stereocenters. The molecule has 5 rings (SSSR count). The predicted molar refractivity (Wildman–Crippen MR) is 144 cm³/mol. The highest BCUT2D eigenvalue weighted by molar-refractivity contribution is 6.01. The molecule has 0 aliphatic heterocycles. The van der Waals surface area contributed by atoms with Crippen LogP contribution in [0.2, 0.25) is 0 Å². The van der Waals surface area contributed by atoms with Crippen LogP contribution in [0.1, 0.15) is 27.0 Å². The molecule has 6 nitrogen and oxygen atoms in total. The van der Waals surface area contributed by atoms with Crippen LogP contribution in [0.4, 0.5) is 17.1 Å². The zero-order valence-corrected chi connectivity index (χ0v) is 20.1. The summed E-state index contributed by atoms with van der Waals surface area (Å²) in [5, 5.41) is 23.4. The molecule has 0 radical (unpaired) electrons. The Morgan fingerprint density at radius 3 is 2.36 bits per heavy atom. The summed E-state index contributed by atoms with van der Waals surface area (Å²) in [6.07, 6.45) is 0. The highest BCUT2D eigenvalue weighted by atomic mass is 16.3. The molecule has 2 N–H and O–H groups in total. The number of para-hydroxylation sites is 2. The number of anilines is 2. The van der Waals surface area contributed by atoms with Crippen LogP contribution >= 0.6 is 0 Å². The molecule has 0 spiro atoms. The first-order chi connectivity index (χ1) is 17.5. The summed E-state index contributed by atoms with van der Waals surface area (Å²) in [6, 6.07) is 30.7. The number of azo groups is 1. The number of hydrogen-bond donors (Lipinski definition) is 2. The van der Waals surface area contributed by atoms with Gasteiger partial charge in [-0.1, -0.05) is 72.8 Å². The molecule has 36 heavy (non-hydrogen) atoms. The fourth-order valence-electron chi connectivity index (χ4n) is 4.26. The van der Waals surface area contributed by atoms with Gasteiger partial charge in [0.2, 0.25) is 5.88 Å². The second-order valence-corrected chi connectivity index (χ2v) is 8.68. The first-order valence-electron chi connectivity index (χ1n) is 11.8. The molecular weight excluding hydrogens is 448 g/mol. The van der Waals surface area contributed by atoms with Crippen molar-refractivity contribution in [3.63, 3.8) is 0 Å². The lowest BCUT2D eigenvalue weighted by molar-refractivity contribution is 0.0996. The highest BCUT2D eigenvalue weighted by Crippen LogP contribution is 2.39. The van der Waals surface area contributed by atoms with Gasteiger partial charge in [-0.2, -0.15) is 0 Å². The van der Waals surface area contributed by atoms with Crippen LogP contribution < -0.4 is 5.32 Å². The first-order valence-corrected chi connectivity index (χ1v) is 11.8. The Morgan fingerprint density at radius 2 is 1.53 bits per heavy atom. The quantitative estimate of drug-likeness (QED) is 0.248. The van der Waals surface area contributed by atoms with E-state index in [1.807, 2.05) is 98.8 Å². The molecule has 178 valence electrons. The summed E-state index contributed by atoms with van der Waals surface area (Å²) in [5.41, 5.74) is 6.37. The van der Waals surface area contributed by atoms with Crippen LogP contribution in [0, 0.1) is 13.8 Å². The van der Waals surface area contributed by atoms with Crippen molar-refractivity contribution in [2.24, 2.45) is 10.2 Å². The van der Waals surface area contributed by atoms with E-state index in [9.17, 15) is 9.90 Å². The fourth-order valence-corrected chi connectivity index (χ4v) is 4.26. The number of aromatic nitrogens is 1. The van der Waals surface area contributed by atoms with Crippen molar-refractivity contribution in [1.29, 1.82) is 0 Å². The van der Waals surface area contributed by atoms with Gasteiger partial charge < -0.3 is 15.0 Å². The van der Waals surface area contributed by atoms with Gasteiger partial charge in [0.15, 0.2) is 5.69 Å². The summed E-state index contributed by atoms with van der Waals surface area (Å²) in [6.45, 7) is 4.56. The van der Waals surface area contributed by atoms with Crippen molar-refractivity contribution in [2.75, 3.05) is 5.32 Å². The molecule has 0 saturated carbocycles. The Morgan fingerprint density at radius 1 is 0.833 bits per heavy atom. The summed E-state index contributed by atoms with van der Waals surface area (Å²) < 4.78 is 1.78. The summed E-state index contributed by atoms with van der Waals surface area (Å²) in [7, 11) is 0. The number of rotatable bonds is 6. The zero-order valence-electron chi connectivity index (χ0n) is 20.1. The third-order valence-electron chi connectivity index (χ3n) is 6.37. The van der Waals surface area contributed by atoms with Crippen LogP contribution in [0.3, 0.4) is 0 Å². The average Bonchev–Trinajstić information content (AvgIpc) is 3.16. The monoisotopic (exact) mass is 474 g/mol. The van der Waals surface area contributed by atoms with Gasteiger partial charge in [0.25, 0.3) is 5.91 Å². The molecule has 0 atom stereocenters. The second-order valence-electron chi connectivity index (χ2n) is 8.68. The maximum absolute atomic E-state index is 13.1. The van der Waals surface area contributed by atoms with Crippen LogP contribution in [-0.4, -0.2) is 15.6 Å². The number of carbonyl (C=O) groups is 1. The normalized spacial score (nSPS) is 11.3. The molecule has 6 heteroatoms. The van der Waals surface area contributed by atoms with E-state index in [0.717, 1.165) is 33.3 Å². The minimum absolute atomic E-state index is 0.0293. The highest BCUT2D eigenvalue weighted by Gasteiger charge is 2.18. The molecule has 0 aliphatic rings. The number of fused-ring (bicyclic) bond motifs is 1. The van der Waals surface area contributed by atoms with Gasteiger partial charge in [0.05, 0.1) is 23.3 Å². The first kappa shape index (κ1) is 23.1. The van der Waals surface area contributed by atoms with Crippen LogP contribution in [0.25, 0.3) is 10.9 Å². The van der Waals surface area contributed by atoms with E-state index < -0.39 is 5.91 Å². The predicted octanol–water partition coefficient (Wildman–Crippen LogP) is 7.68. The van der Waals surface area contributed by atoms with Crippen LogP contribution in [0.15, 0.2) is 107 Å². The second kappa shape index (κ2) is 9.88. The molecule has 4 aromatic carbocycles. The number of hydrogen-bond acceptors (Lipinski definition) is 4. The van der Waals surface area contributed by atoms with E-state index in [1.54, 1.807) is 16.7 Å². The van der Waals surface area contributed by atoms with E-state index in [1.165, 1.54) is 0 Å². The SMILES string of the molecule is Cc1cccc(Nc2ccccc2C(=O)N=Nc2c(O)n(Cc3ccccc3)c3ccccc23)c1C. The summed E-state index contributed by atoms with van der Waals surface area (Å²) in [5.74, 6) is -0.527. The summed E-state index contributed by atoms with van der Waals surface area (Å²) >= 11 is 0. The molecule has 1 amide bonds. The van der Waals surface area contributed by atoms with Crippen molar-refractivity contribution < 1.29 is 9.90 Å². The largest absolute Gasteiger partial charge is 0.493 e. The number of amides is 1. The van der Waals surface area contributed by atoms with Gasteiger partial charge in [0, 0.05) is 11.1 Å². The Kier molecular flexibility index (Phi) is 6.33. The smallest absolute Gasteiger partial charge is 0.297 e. The average molecular weight is 475 g/mol. The molecular formula is C30H26N4O2. The number of aromatic hydroxyl groups is 1. The Balaban J connectivity index is 1.48. The Bertz CT molecular complexity index is 1590. The number of carbonyl (C=O) groups excluding carboxylic acids is 1. The van der Waals surface area contributed by atoms with Crippen molar-refractivity contribution >= 4 is 33.9 Å². The maximum atomic E-state index is 13.1. The molecule has 5 aromatic rings. The van der Waals surface area contributed by atoms with Gasteiger partial charge in [-0.25, -0.2) is 0 Å². The fraction of sp³-hybridized carbons (Fsp3) is 0.100. The minimum Gasteiger partial charge on any atom is -0.493 e. The molecule has 0 saturated heterocycles. The van der Waals surface area contributed by atoms with Gasteiger partial charge in [0.1, 0.15) is 0 Å². The topological polar surface area (TPSA) is 79.0 Å². The molecule has 1 heterocycles. The van der Waals surface area contributed by atoms with E-state index in [-0.39, 0.29) is 11.6 Å². The van der Waals surface area contributed by atoms with E-state index >= 15 is 0 Å². The lowest BCUT2D eigenvalue weighted by Crippen LogP contribution is -2.02. The van der Waals surface area contributed by atoms with Crippen molar-refractivity contribution in [3.05, 3.63) is 119 Å². The van der Waals surface area contributed by atoms with Gasteiger partial charge in [-0.15, -0.1) is 10.2 Å². The van der Waals surface area contributed by atoms with Crippen LogP contribution in [0.5, 0.6) is 5.88 Å². The minimum atomic E-state index is -0.498. The van der Waals surface area contributed by atoms with Gasteiger partial charge in [-0.3, -0.25) is 4.79 Å². The molecule has 1 aromatic heterocycles. The van der Waals surface area contributed by atoms with Crippen molar-refractivity contribution in [3.8, 4) is 5.88 Å². The number of nitrogens with zero attached hydrogens (tertiary/aromatic N) is 3. The lowest BCUT2D eigenvalue weighted by Gasteiger charge is -2.13. The third kappa shape index (κ3) is 4.49. The number of nitrogens with one attached hydrogen (secondary N) is 1. The van der Waals surface area contributed by atoms with Crippen molar-refractivity contribution in [1.82, 2.24) is 4.57 Å². The molecule has 0 fully saturated rings. The zero-order chi connectivity index (χ0) is 25.1. The maximum Gasteiger partial charge on any atom is 0.297 e. The van der Waals surface area contributed by atoms with E-state index in [0.29, 0.717) is 17.8 Å². The van der Waals surface area contributed by atoms with Gasteiger partial charge >= 0.3 is 0 Å². The van der Waals surface area contributed by atoms with E-state index in [2.05, 4.69) is 15.5 Å². The molecule has 0 bridgehead atoms. The van der Waals surface area contributed by atoms with Gasteiger partial charge in [-0.05, 0) is 54.8 Å². The third-order valence-corrected chi connectivity index (χ3v) is 6.37. The lowest BCUT2D eigenvalue weighted by atomic mass is 10.1. The summed E-state index contributed by atoms with van der Waals surface area (Å²) in [4.78, 5) is 13.1. The number of aryl methyl sites for hydroxylation is 1. The molecule has 0 aliphatic carbocycles. The Labute approximate surface area is 209 Å². The van der Waals surface area contributed by atoms with E-state index in [4.69, 9.17) is 0 Å².